The molecule has 82 valence electrons. The molecule has 1 aliphatic rings. The number of aliphatic hydroxyl groups is 2. The van der Waals surface area contributed by atoms with Crippen LogP contribution in [0.3, 0.4) is 0 Å². The van der Waals surface area contributed by atoms with Crippen LogP contribution in [0.4, 0.5) is 0 Å². The van der Waals surface area contributed by atoms with Gasteiger partial charge in [0.15, 0.2) is 0 Å². The Bertz CT molecular complexity index is 234. The summed E-state index contributed by atoms with van der Waals surface area (Å²) in [6.45, 7) is 1.54. The van der Waals surface area contributed by atoms with Gasteiger partial charge in [-0.1, -0.05) is 0 Å². The van der Waals surface area contributed by atoms with E-state index in [1.165, 1.54) is 0 Å². The van der Waals surface area contributed by atoms with Crippen LogP contribution >= 0.6 is 0 Å². The largest absolute Gasteiger partial charge is 0.481 e. The maximum Gasteiger partial charge on any atom is 0.306 e. The molecule has 6 heteroatoms. The average molecular weight is 205 g/mol. The van der Waals surface area contributed by atoms with Crippen molar-refractivity contribution in [2.75, 3.05) is 6.54 Å². The second-order valence-electron chi connectivity index (χ2n) is 3.57. The third-order valence-corrected chi connectivity index (χ3v) is 2.54. The fraction of sp³-hybridized carbons (Fsp3) is 0.875. The van der Waals surface area contributed by atoms with Gasteiger partial charge in [0.1, 0.15) is 17.8 Å². The van der Waals surface area contributed by atoms with Crippen molar-refractivity contribution >= 4 is 5.97 Å². The molecule has 5 N–H and O–H groups in total. The van der Waals surface area contributed by atoms with Crippen molar-refractivity contribution in [1.82, 2.24) is 0 Å². The Balaban J connectivity index is 2.85. The molecule has 0 radical (unpaired) electrons. The van der Waals surface area contributed by atoms with Gasteiger partial charge in [-0.25, -0.2) is 0 Å². The van der Waals surface area contributed by atoms with Crippen LogP contribution in [-0.4, -0.2) is 51.7 Å². The lowest BCUT2D eigenvalue weighted by molar-refractivity contribution is -0.149. The van der Waals surface area contributed by atoms with Crippen molar-refractivity contribution < 1.29 is 24.9 Å². The summed E-state index contributed by atoms with van der Waals surface area (Å²) < 4.78 is 5.15. The third kappa shape index (κ3) is 1.74. The number of rotatable bonds is 3. The maximum absolute atomic E-state index is 10.5. The van der Waals surface area contributed by atoms with Crippen LogP contribution in [-0.2, 0) is 9.53 Å². The highest BCUT2D eigenvalue weighted by Crippen LogP contribution is 2.33. The minimum absolute atomic E-state index is 0.0226. The minimum Gasteiger partial charge on any atom is -0.481 e. The summed E-state index contributed by atoms with van der Waals surface area (Å²) >= 11 is 0. The molecule has 4 atom stereocenters. The van der Waals surface area contributed by atoms with Gasteiger partial charge in [-0.3, -0.25) is 4.79 Å². The van der Waals surface area contributed by atoms with E-state index >= 15 is 0 Å². The number of aliphatic hydroxyl groups excluding tert-OH is 1. The van der Waals surface area contributed by atoms with E-state index in [9.17, 15) is 15.0 Å². The highest BCUT2D eigenvalue weighted by Gasteiger charge is 2.54. The molecule has 0 spiro atoms. The van der Waals surface area contributed by atoms with Gasteiger partial charge in [0.05, 0.1) is 12.5 Å². The summed E-state index contributed by atoms with van der Waals surface area (Å²) in [7, 11) is 0. The predicted octanol–water partition coefficient (Wildman–Crippen LogP) is -1.70. The SMILES string of the molecule is C[C@H]1O[C@H](CN)[C@@](O)(CC(=O)O)[C@@H]1O. The molecule has 1 fully saturated rings. The summed E-state index contributed by atoms with van der Waals surface area (Å²) in [6.07, 6.45) is -3.22. The molecule has 0 aromatic carbocycles. The van der Waals surface area contributed by atoms with Gasteiger partial charge in [-0.15, -0.1) is 0 Å². The lowest BCUT2D eigenvalue weighted by Crippen LogP contribution is -2.51. The summed E-state index contributed by atoms with van der Waals surface area (Å²) in [4.78, 5) is 10.5. The zero-order valence-corrected chi connectivity index (χ0v) is 7.88. The Morgan fingerprint density at radius 1 is 1.64 bits per heavy atom. The van der Waals surface area contributed by atoms with Gasteiger partial charge in [0, 0.05) is 6.54 Å². The van der Waals surface area contributed by atoms with Crippen molar-refractivity contribution in [3.05, 3.63) is 0 Å². The van der Waals surface area contributed by atoms with Crippen LogP contribution < -0.4 is 5.73 Å². The van der Waals surface area contributed by atoms with E-state index < -0.39 is 36.3 Å². The number of hydrogen-bond donors (Lipinski definition) is 4. The van der Waals surface area contributed by atoms with Gasteiger partial charge in [-0.2, -0.15) is 0 Å². The zero-order chi connectivity index (χ0) is 10.9. The average Bonchev–Trinajstić information content (AvgIpc) is 2.28. The van der Waals surface area contributed by atoms with E-state index in [1.807, 2.05) is 0 Å². The molecule has 0 aromatic heterocycles. The Morgan fingerprint density at radius 2 is 2.21 bits per heavy atom. The molecule has 14 heavy (non-hydrogen) atoms. The van der Waals surface area contributed by atoms with Crippen LogP contribution in [0.15, 0.2) is 0 Å². The predicted molar refractivity (Wildman–Crippen MR) is 46.6 cm³/mol. The van der Waals surface area contributed by atoms with Crippen molar-refractivity contribution in [3.63, 3.8) is 0 Å². The van der Waals surface area contributed by atoms with Crippen molar-refractivity contribution in [2.24, 2.45) is 5.73 Å². The van der Waals surface area contributed by atoms with Gasteiger partial charge in [0.25, 0.3) is 0 Å². The Labute approximate surface area is 81.3 Å². The Hall–Kier alpha value is -0.690. The molecule has 1 rings (SSSR count). The second kappa shape index (κ2) is 3.82. The molecule has 0 aliphatic carbocycles. The van der Waals surface area contributed by atoms with Crippen LogP contribution in [0.1, 0.15) is 13.3 Å². The van der Waals surface area contributed by atoms with Crippen molar-refractivity contribution in [1.29, 1.82) is 0 Å². The van der Waals surface area contributed by atoms with E-state index in [0.29, 0.717) is 0 Å². The Morgan fingerprint density at radius 3 is 2.64 bits per heavy atom. The van der Waals surface area contributed by atoms with Crippen LogP contribution in [0, 0.1) is 0 Å². The van der Waals surface area contributed by atoms with Gasteiger partial charge in [-0.05, 0) is 6.92 Å². The van der Waals surface area contributed by atoms with E-state index in [2.05, 4.69) is 0 Å². The maximum atomic E-state index is 10.5. The number of nitrogens with two attached hydrogens (primary N) is 1. The van der Waals surface area contributed by atoms with E-state index in [4.69, 9.17) is 15.6 Å². The van der Waals surface area contributed by atoms with Crippen LogP contribution in [0.25, 0.3) is 0 Å². The molecule has 0 saturated carbocycles. The first-order valence-corrected chi connectivity index (χ1v) is 4.39. The molecule has 1 saturated heterocycles. The second-order valence-corrected chi connectivity index (χ2v) is 3.57. The standard InChI is InChI=1S/C8H15NO5/c1-4-7(12)8(13,2-6(10)11)5(3-9)14-4/h4-5,7,12-13H,2-3,9H2,1H3,(H,10,11)/t4-,5-,7-,8+/m1/s1. The summed E-state index contributed by atoms with van der Waals surface area (Å²) in [5.41, 5.74) is 3.54. The molecule has 1 aliphatic heterocycles. The highest BCUT2D eigenvalue weighted by molar-refractivity contribution is 5.68. The van der Waals surface area contributed by atoms with Crippen molar-refractivity contribution in [2.45, 2.75) is 37.3 Å². The first-order valence-electron chi connectivity index (χ1n) is 4.39. The molecule has 0 unspecified atom stereocenters. The number of carboxylic acid groups (broad SMARTS) is 1. The number of ether oxygens (including phenoxy) is 1. The third-order valence-electron chi connectivity index (χ3n) is 2.54. The number of hydrogen-bond acceptors (Lipinski definition) is 5. The quantitative estimate of drug-likeness (QED) is 0.437. The molecular weight excluding hydrogens is 190 g/mol. The normalized spacial score (nSPS) is 42.7. The lowest BCUT2D eigenvalue weighted by atomic mass is 9.87. The van der Waals surface area contributed by atoms with E-state index in [0.717, 1.165) is 0 Å². The molecule has 1 heterocycles. The smallest absolute Gasteiger partial charge is 0.306 e. The summed E-state index contributed by atoms with van der Waals surface area (Å²) in [5.74, 6) is -1.19. The van der Waals surface area contributed by atoms with Crippen LogP contribution in [0.5, 0.6) is 0 Å². The van der Waals surface area contributed by atoms with E-state index in [-0.39, 0.29) is 6.54 Å². The first-order chi connectivity index (χ1) is 6.41. The van der Waals surface area contributed by atoms with Gasteiger partial charge >= 0.3 is 5.97 Å². The van der Waals surface area contributed by atoms with Crippen LogP contribution in [0.2, 0.25) is 0 Å². The summed E-state index contributed by atoms with van der Waals surface area (Å²) in [5, 5.41) is 28.1. The first kappa shape index (κ1) is 11.4. The summed E-state index contributed by atoms with van der Waals surface area (Å²) in [6, 6.07) is 0. The lowest BCUT2D eigenvalue weighted by Gasteiger charge is -2.28. The molecule has 0 aromatic rings. The topological polar surface area (TPSA) is 113 Å². The van der Waals surface area contributed by atoms with Crippen molar-refractivity contribution in [3.8, 4) is 0 Å². The monoisotopic (exact) mass is 205 g/mol. The van der Waals surface area contributed by atoms with E-state index in [1.54, 1.807) is 6.92 Å². The fourth-order valence-corrected chi connectivity index (χ4v) is 1.77. The molecular formula is C8H15NO5. The molecule has 6 nitrogen and oxygen atoms in total. The van der Waals surface area contributed by atoms with Gasteiger partial charge in [0.2, 0.25) is 0 Å². The number of aliphatic carboxylic acids is 1. The zero-order valence-electron chi connectivity index (χ0n) is 7.88. The Kier molecular flexibility index (Phi) is 3.10. The number of carboxylic acids is 1. The fourth-order valence-electron chi connectivity index (χ4n) is 1.77. The molecule has 0 bridgehead atoms. The molecule has 0 amide bonds. The van der Waals surface area contributed by atoms with Gasteiger partial charge < -0.3 is 25.8 Å². The minimum atomic E-state index is -1.78. The number of carbonyl (C=O) groups is 1. The highest BCUT2D eigenvalue weighted by atomic mass is 16.5.